The minimum atomic E-state index is 0.627. The number of nitrogens with two attached hydrogens (primary N) is 1. The van der Waals surface area contributed by atoms with Gasteiger partial charge in [0.15, 0.2) is 0 Å². The topological polar surface area (TPSA) is 57.9 Å². The molecule has 4 nitrogen and oxygen atoms in total. The Labute approximate surface area is 111 Å². The number of imidazole rings is 1. The smallest absolute Gasteiger partial charge is 0.121 e. The van der Waals surface area contributed by atoms with E-state index in [4.69, 9.17) is 5.73 Å². The molecule has 0 bridgehead atoms. The maximum absolute atomic E-state index is 5.78. The fourth-order valence-electron chi connectivity index (χ4n) is 2.34. The molecule has 3 rings (SSSR count). The van der Waals surface area contributed by atoms with Crippen molar-refractivity contribution in [3.8, 4) is 0 Å². The van der Waals surface area contributed by atoms with Crippen molar-refractivity contribution < 1.29 is 0 Å². The number of hydrogen-bond donors (Lipinski definition) is 2. The van der Waals surface area contributed by atoms with Gasteiger partial charge in [0.05, 0.1) is 17.6 Å². The molecule has 0 spiro atoms. The number of aromatic nitrogens is 2. The summed E-state index contributed by atoms with van der Waals surface area (Å²) in [6.45, 7) is 4.33. The van der Waals surface area contributed by atoms with Crippen LogP contribution in [0.1, 0.15) is 12.7 Å². The van der Waals surface area contributed by atoms with Crippen LogP contribution in [0.2, 0.25) is 0 Å². The third-order valence-electron chi connectivity index (χ3n) is 3.41. The molecule has 2 heterocycles. The first kappa shape index (κ1) is 11.9. The van der Waals surface area contributed by atoms with E-state index in [0.717, 1.165) is 35.6 Å². The van der Waals surface area contributed by atoms with E-state index in [1.807, 2.05) is 30.0 Å². The summed E-state index contributed by atoms with van der Waals surface area (Å²) >= 11 is 2.04. The number of rotatable bonds is 2. The van der Waals surface area contributed by atoms with Gasteiger partial charge in [-0.3, -0.25) is 4.90 Å². The van der Waals surface area contributed by atoms with Crippen LogP contribution < -0.4 is 5.73 Å². The Bertz CT molecular complexity index is 551. The number of anilines is 1. The average molecular weight is 262 g/mol. The summed E-state index contributed by atoms with van der Waals surface area (Å²) in [7, 11) is 0. The number of thioether (sulfide) groups is 1. The normalized spacial score (nSPS) is 21.5. The van der Waals surface area contributed by atoms with Gasteiger partial charge in [0, 0.05) is 29.8 Å². The molecule has 1 fully saturated rings. The summed E-state index contributed by atoms with van der Waals surface area (Å²) < 4.78 is 0. The summed E-state index contributed by atoms with van der Waals surface area (Å²) in [6, 6.07) is 6.44. The van der Waals surface area contributed by atoms with E-state index in [9.17, 15) is 0 Å². The van der Waals surface area contributed by atoms with Gasteiger partial charge in [0.1, 0.15) is 5.82 Å². The largest absolute Gasteiger partial charge is 0.399 e. The summed E-state index contributed by atoms with van der Waals surface area (Å²) in [4.78, 5) is 10.5. The van der Waals surface area contributed by atoms with Crippen LogP contribution in [0.5, 0.6) is 0 Å². The molecule has 96 valence electrons. The molecule has 1 atom stereocenters. The van der Waals surface area contributed by atoms with Crippen molar-refractivity contribution in [1.82, 2.24) is 14.9 Å². The third-order valence-corrected chi connectivity index (χ3v) is 4.60. The van der Waals surface area contributed by atoms with Crippen LogP contribution in [0.3, 0.4) is 0 Å². The van der Waals surface area contributed by atoms with E-state index in [0.29, 0.717) is 6.04 Å². The van der Waals surface area contributed by atoms with Gasteiger partial charge in [-0.15, -0.1) is 0 Å². The van der Waals surface area contributed by atoms with E-state index in [1.54, 1.807) is 0 Å². The molecule has 18 heavy (non-hydrogen) atoms. The number of fused-ring (bicyclic) bond motifs is 1. The molecule has 1 aliphatic heterocycles. The zero-order valence-electron chi connectivity index (χ0n) is 10.5. The van der Waals surface area contributed by atoms with Crippen LogP contribution in [0.15, 0.2) is 18.2 Å². The molecule has 0 aliphatic carbocycles. The van der Waals surface area contributed by atoms with Gasteiger partial charge in [0.25, 0.3) is 0 Å². The van der Waals surface area contributed by atoms with Crippen molar-refractivity contribution in [3.05, 3.63) is 24.0 Å². The van der Waals surface area contributed by atoms with E-state index < -0.39 is 0 Å². The molecule has 0 amide bonds. The molecular formula is C13H18N4S. The first-order valence-electron chi connectivity index (χ1n) is 6.28. The van der Waals surface area contributed by atoms with Crippen molar-refractivity contribution >= 4 is 28.5 Å². The van der Waals surface area contributed by atoms with Crippen molar-refractivity contribution in [1.29, 1.82) is 0 Å². The van der Waals surface area contributed by atoms with E-state index in [1.165, 1.54) is 11.5 Å². The van der Waals surface area contributed by atoms with Crippen molar-refractivity contribution in [3.63, 3.8) is 0 Å². The highest BCUT2D eigenvalue weighted by Crippen LogP contribution is 2.20. The fraction of sp³-hybridized carbons (Fsp3) is 0.462. The Morgan fingerprint density at radius 3 is 3.28 bits per heavy atom. The number of H-pyrrole nitrogens is 1. The SMILES string of the molecule is CC1CSCCN1Cc1nc2ccc(N)cc2[nH]1. The van der Waals surface area contributed by atoms with Crippen LogP contribution in [0.25, 0.3) is 11.0 Å². The van der Waals surface area contributed by atoms with E-state index in [-0.39, 0.29) is 0 Å². The maximum atomic E-state index is 5.78. The zero-order valence-corrected chi connectivity index (χ0v) is 11.3. The number of benzene rings is 1. The summed E-state index contributed by atoms with van der Waals surface area (Å²) in [5.74, 6) is 3.47. The minimum absolute atomic E-state index is 0.627. The molecule has 3 N–H and O–H groups in total. The molecule has 2 aromatic rings. The highest BCUT2D eigenvalue weighted by Gasteiger charge is 2.19. The number of nitrogens with zero attached hydrogens (tertiary/aromatic N) is 2. The van der Waals surface area contributed by atoms with Crippen molar-refractivity contribution in [2.75, 3.05) is 23.8 Å². The van der Waals surface area contributed by atoms with Crippen LogP contribution >= 0.6 is 11.8 Å². The number of hydrogen-bond acceptors (Lipinski definition) is 4. The standard InChI is InChI=1S/C13H18N4S/c1-9-8-18-5-4-17(9)7-13-15-11-3-2-10(14)6-12(11)16-13/h2-3,6,9H,4-5,7-8,14H2,1H3,(H,15,16). The second kappa shape index (κ2) is 4.82. The number of nitrogens with one attached hydrogen (secondary N) is 1. The Hall–Kier alpha value is -1.20. The van der Waals surface area contributed by atoms with Gasteiger partial charge in [-0.25, -0.2) is 4.98 Å². The molecule has 1 unspecified atom stereocenters. The molecule has 1 aromatic heterocycles. The van der Waals surface area contributed by atoms with Crippen molar-refractivity contribution in [2.45, 2.75) is 19.5 Å². The third kappa shape index (κ3) is 2.33. The van der Waals surface area contributed by atoms with E-state index in [2.05, 4.69) is 21.8 Å². The van der Waals surface area contributed by atoms with Crippen LogP contribution in [-0.4, -0.2) is 39.0 Å². The molecule has 5 heteroatoms. The lowest BCUT2D eigenvalue weighted by molar-refractivity contribution is 0.219. The zero-order chi connectivity index (χ0) is 12.5. The second-order valence-corrected chi connectivity index (χ2v) is 6.00. The van der Waals surface area contributed by atoms with E-state index >= 15 is 0 Å². The van der Waals surface area contributed by atoms with Gasteiger partial charge in [0.2, 0.25) is 0 Å². The summed E-state index contributed by atoms with van der Waals surface area (Å²) in [5.41, 5.74) is 8.59. The summed E-state index contributed by atoms with van der Waals surface area (Å²) in [5, 5.41) is 0. The Morgan fingerprint density at radius 2 is 2.44 bits per heavy atom. The van der Waals surface area contributed by atoms with Crippen LogP contribution in [0, 0.1) is 0 Å². The van der Waals surface area contributed by atoms with Crippen LogP contribution in [0.4, 0.5) is 5.69 Å². The molecule has 0 saturated carbocycles. The Morgan fingerprint density at radius 1 is 1.56 bits per heavy atom. The van der Waals surface area contributed by atoms with Gasteiger partial charge in [-0.2, -0.15) is 11.8 Å². The predicted octanol–water partition coefficient (Wildman–Crippen LogP) is 2.08. The lowest BCUT2D eigenvalue weighted by Crippen LogP contribution is -2.39. The monoisotopic (exact) mass is 262 g/mol. The average Bonchev–Trinajstić information content (AvgIpc) is 2.73. The minimum Gasteiger partial charge on any atom is -0.399 e. The molecule has 1 saturated heterocycles. The lowest BCUT2D eigenvalue weighted by Gasteiger charge is -2.32. The van der Waals surface area contributed by atoms with Gasteiger partial charge < -0.3 is 10.7 Å². The van der Waals surface area contributed by atoms with Gasteiger partial charge in [-0.1, -0.05) is 0 Å². The second-order valence-electron chi connectivity index (χ2n) is 4.85. The first-order valence-corrected chi connectivity index (χ1v) is 7.44. The fourth-order valence-corrected chi connectivity index (χ4v) is 3.43. The Kier molecular flexibility index (Phi) is 3.18. The highest BCUT2D eigenvalue weighted by molar-refractivity contribution is 7.99. The number of aromatic amines is 1. The van der Waals surface area contributed by atoms with Gasteiger partial charge in [-0.05, 0) is 25.1 Å². The first-order chi connectivity index (χ1) is 8.72. The maximum Gasteiger partial charge on any atom is 0.121 e. The highest BCUT2D eigenvalue weighted by atomic mass is 32.2. The van der Waals surface area contributed by atoms with Crippen LogP contribution in [-0.2, 0) is 6.54 Å². The summed E-state index contributed by atoms with van der Waals surface area (Å²) in [6.07, 6.45) is 0. The molecule has 1 aromatic carbocycles. The van der Waals surface area contributed by atoms with Gasteiger partial charge >= 0.3 is 0 Å². The quantitative estimate of drug-likeness (QED) is 0.814. The Balaban J connectivity index is 1.81. The number of nitrogen functional groups attached to an aromatic ring is 1. The lowest BCUT2D eigenvalue weighted by atomic mass is 10.3. The molecule has 0 radical (unpaired) electrons. The molecule has 1 aliphatic rings. The predicted molar refractivity (Wildman–Crippen MR) is 77.7 cm³/mol. The molecular weight excluding hydrogens is 244 g/mol. The van der Waals surface area contributed by atoms with Crippen molar-refractivity contribution in [2.24, 2.45) is 0 Å².